The molecule has 0 aliphatic carbocycles. The molecule has 0 unspecified atom stereocenters. The van der Waals surface area contributed by atoms with Gasteiger partial charge in [-0.1, -0.05) is 11.2 Å². The van der Waals surface area contributed by atoms with Gasteiger partial charge in [-0.15, -0.1) is 0 Å². The number of ether oxygens (including phenoxy) is 1. The Labute approximate surface area is 160 Å². The van der Waals surface area contributed by atoms with Crippen LogP contribution in [-0.2, 0) is 11.2 Å². The van der Waals surface area contributed by atoms with E-state index in [4.69, 9.17) is 9.26 Å². The number of aromatic nitrogens is 2. The van der Waals surface area contributed by atoms with Crippen molar-refractivity contribution in [1.29, 1.82) is 0 Å². The number of benzene rings is 2. The van der Waals surface area contributed by atoms with Gasteiger partial charge in [0.15, 0.2) is 0 Å². The molecule has 28 heavy (non-hydrogen) atoms. The molecule has 1 N–H and O–H groups in total. The molecule has 0 aliphatic rings. The highest BCUT2D eigenvalue weighted by Gasteiger charge is 2.14. The maximum atomic E-state index is 12.1. The first-order chi connectivity index (χ1) is 13.5. The number of hydrogen-bond acceptors (Lipinski definition) is 7. The second-order valence-electron chi connectivity index (χ2n) is 6.05. The number of carbonyl (C=O) groups excluding carboxylic acids is 1. The molecule has 0 spiro atoms. The molecule has 3 aromatic rings. The number of nitro benzene ring substituents is 1. The van der Waals surface area contributed by atoms with Crippen LogP contribution in [-0.4, -0.2) is 28.1 Å². The van der Waals surface area contributed by atoms with Crippen molar-refractivity contribution in [2.45, 2.75) is 19.8 Å². The summed E-state index contributed by atoms with van der Waals surface area (Å²) in [5.41, 5.74) is 1.62. The van der Waals surface area contributed by atoms with Crippen molar-refractivity contribution < 1.29 is 19.0 Å². The Kier molecular flexibility index (Phi) is 5.64. The maximum absolute atomic E-state index is 12.1. The fraction of sp³-hybridized carbons (Fsp3) is 0.211. The number of methoxy groups -OCH3 is 1. The van der Waals surface area contributed by atoms with E-state index in [0.29, 0.717) is 23.0 Å². The highest BCUT2D eigenvalue weighted by atomic mass is 16.6. The van der Waals surface area contributed by atoms with Crippen molar-refractivity contribution in [2.24, 2.45) is 0 Å². The van der Waals surface area contributed by atoms with Crippen LogP contribution in [0.3, 0.4) is 0 Å². The van der Waals surface area contributed by atoms with E-state index in [9.17, 15) is 14.9 Å². The minimum atomic E-state index is -0.482. The molecule has 2 aromatic carbocycles. The number of nitrogens with zero attached hydrogens (tertiary/aromatic N) is 3. The van der Waals surface area contributed by atoms with Gasteiger partial charge >= 0.3 is 0 Å². The number of aryl methyl sites for hydroxylation is 2. The van der Waals surface area contributed by atoms with E-state index < -0.39 is 4.92 Å². The molecular weight excluding hydrogens is 364 g/mol. The van der Waals surface area contributed by atoms with E-state index >= 15 is 0 Å². The summed E-state index contributed by atoms with van der Waals surface area (Å²) in [5, 5.41) is 17.5. The lowest BCUT2D eigenvalue weighted by Crippen LogP contribution is -2.12. The third-order valence-corrected chi connectivity index (χ3v) is 4.07. The summed E-state index contributed by atoms with van der Waals surface area (Å²) in [4.78, 5) is 26.9. The predicted octanol–water partition coefficient (Wildman–Crippen LogP) is 3.53. The highest BCUT2D eigenvalue weighted by molar-refractivity contribution is 5.91. The molecule has 9 heteroatoms. The molecule has 0 saturated carbocycles. The molecule has 0 fully saturated rings. The maximum Gasteiger partial charge on any atom is 0.274 e. The smallest absolute Gasteiger partial charge is 0.274 e. The SMILES string of the molecule is COc1ccc(-c2noc(CCC(=O)Nc3ccc(C)c([N+](=O)[O-])c3)n2)cc1. The van der Waals surface area contributed by atoms with Crippen molar-refractivity contribution in [3.05, 3.63) is 64.0 Å². The average Bonchev–Trinajstić information content (AvgIpc) is 3.17. The lowest BCUT2D eigenvalue weighted by molar-refractivity contribution is -0.385. The predicted molar refractivity (Wildman–Crippen MR) is 101 cm³/mol. The average molecular weight is 382 g/mol. The van der Waals surface area contributed by atoms with Crippen LogP contribution in [0.4, 0.5) is 11.4 Å². The summed E-state index contributed by atoms with van der Waals surface area (Å²) < 4.78 is 10.3. The molecule has 1 amide bonds. The van der Waals surface area contributed by atoms with Crippen LogP contribution in [0, 0.1) is 17.0 Å². The normalized spacial score (nSPS) is 10.5. The van der Waals surface area contributed by atoms with E-state index in [1.54, 1.807) is 38.3 Å². The second-order valence-corrected chi connectivity index (χ2v) is 6.05. The Balaban J connectivity index is 1.58. The molecule has 144 valence electrons. The van der Waals surface area contributed by atoms with E-state index in [1.165, 1.54) is 6.07 Å². The molecule has 0 atom stereocenters. The zero-order valence-corrected chi connectivity index (χ0v) is 15.3. The van der Waals surface area contributed by atoms with Gasteiger partial charge < -0.3 is 14.6 Å². The minimum Gasteiger partial charge on any atom is -0.497 e. The van der Waals surface area contributed by atoms with Crippen LogP contribution in [0.5, 0.6) is 5.75 Å². The Hall–Kier alpha value is -3.75. The Morgan fingerprint density at radius 3 is 2.68 bits per heavy atom. The van der Waals surface area contributed by atoms with Gasteiger partial charge in [0.1, 0.15) is 5.75 Å². The summed E-state index contributed by atoms with van der Waals surface area (Å²) >= 11 is 0. The summed E-state index contributed by atoms with van der Waals surface area (Å²) in [6.07, 6.45) is 0.356. The zero-order chi connectivity index (χ0) is 20.1. The van der Waals surface area contributed by atoms with Crippen molar-refractivity contribution in [3.63, 3.8) is 0 Å². The monoisotopic (exact) mass is 382 g/mol. The number of carbonyl (C=O) groups is 1. The Morgan fingerprint density at radius 2 is 2.00 bits per heavy atom. The Bertz CT molecular complexity index is 998. The standard InChI is InChI=1S/C19H18N4O5/c1-12-3-6-14(11-16(12)23(25)26)20-17(24)9-10-18-21-19(22-28-18)13-4-7-15(27-2)8-5-13/h3-8,11H,9-10H2,1-2H3,(H,20,24). The Morgan fingerprint density at radius 1 is 1.25 bits per heavy atom. The van der Waals surface area contributed by atoms with Gasteiger partial charge in [0, 0.05) is 35.7 Å². The molecule has 0 saturated heterocycles. The number of amides is 1. The van der Waals surface area contributed by atoms with Gasteiger partial charge in [-0.05, 0) is 37.3 Å². The first-order valence-corrected chi connectivity index (χ1v) is 8.48. The third-order valence-electron chi connectivity index (χ3n) is 4.07. The number of rotatable bonds is 7. The number of nitro groups is 1. The summed E-state index contributed by atoms with van der Waals surface area (Å²) in [7, 11) is 1.58. The molecule has 0 aliphatic heterocycles. The van der Waals surface area contributed by atoms with Gasteiger partial charge in [0.25, 0.3) is 5.69 Å². The van der Waals surface area contributed by atoms with E-state index in [2.05, 4.69) is 15.5 Å². The van der Waals surface area contributed by atoms with Crippen LogP contribution in [0.25, 0.3) is 11.4 Å². The van der Waals surface area contributed by atoms with Crippen molar-refractivity contribution >= 4 is 17.3 Å². The molecule has 0 bridgehead atoms. The minimum absolute atomic E-state index is 0.0427. The van der Waals surface area contributed by atoms with Crippen molar-refractivity contribution in [1.82, 2.24) is 10.1 Å². The summed E-state index contributed by atoms with van der Waals surface area (Å²) in [5.74, 6) is 1.17. The molecule has 3 rings (SSSR count). The number of nitrogens with one attached hydrogen (secondary N) is 1. The van der Waals surface area contributed by atoms with Crippen molar-refractivity contribution in [2.75, 3.05) is 12.4 Å². The lowest BCUT2D eigenvalue weighted by Gasteiger charge is -2.05. The van der Waals surface area contributed by atoms with Gasteiger partial charge in [-0.25, -0.2) is 0 Å². The fourth-order valence-corrected chi connectivity index (χ4v) is 2.54. The van der Waals surface area contributed by atoms with Crippen LogP contribution in [0.2, 0.25) is 0 Å². The summed E-state index contributed by atoms with van der Waals surface area (Å²) in [6.45, 7) is 1.64. The van der Waals surface area contributed by atoms with Crippen LogP contribution in [0.15, 0.2) is 47.0 Å². The fourth-order valence-electron chi connectivity index (χ4n) is 2.54. The first kappa shape index (κ1) is 19.0. The zero-order valence-electron chi connectivity index (χ0n) is 15.3. The van der Waals surface area contributed by atoms with Gasteiger partial charge in [-0.2, -0.15) is 4.98 Å². The van der Waals surface area contributed by atoms with Gasteiger partial charge in [0.05, 0.1) is 12.0 Å². The van der Waals surface area contributed by atoms with Crippen molar-refractivity contribution in [3.8, 4) is 17.1 Å². The third kappa shape index (κ3) is 4.50. The molecular formula is C19H18N4O5. The van der Waals surface area contributed by atoms with E-state index in [1.807, 2.05) is 12.1 Å². The van der Waals surface area contributed by atoms with E-state index in [0.717, 1.165) is 11.3 Å². The highest BCUT2D eigenvalue weighted by Crippen LogP contribution is 2.23. The van der Waals surface area contributed by atoms with Crippen LogP contribution < -0.4 is 10.1 Å². The van der Waals surface area contributed by atoms with Gasteiger partial charge in [-0.3, -0.25) is 14.9 Å². The lowest BCUT2D eigenvalue weighted by atomic mass is 10.2. The topological polar surface area (TPSA) is 120 Å². The van der Waals surface area contributed by atoms with Crippen LogP contribution in [0.1, 0.15) is 17.9 Å². The largest absolute Gasteiger partial charge is 0.497 e. The molecule has 0 radical (unpaired) electrons. The number of anilines is 1. The van der Waals surface area contributed by atoms with Gasteiger partial charge in [0.2, 0.25) is 17.6 Å². The molecule has 9 nitrogen and oxygen atoms in total. The first-order valence-electron chi connectivity index (χ1n) is 8.48. The second kappa shape index (κ2) is 8.30. The number of hydrogen-bond donors (Lipinski definition) is 1. The quantitative estimate of drug-likeness (QED) is 0.490. The molecule has 1 heterocycles. The van der Waals surface area contributed by atoms with E-state index in [-0.39, 0.29) is 24.4 Å². The molecule has 1 aromatic heterocycles. The van der Waals surface area contributed by atoms with Crippen LogP contribution >= 0.6 is 0 Å². The summed E-state index contributed by atoms with van der Waals surface area (Å²) in [6, 6.07) is 11.7.